The summed E-state index contributed by atoms with van der Waals surface area (Å²) in [5.41, 5.74) is 1.72. The molecular weight excluding hydrogens is 292 g/mol. The van der Waals surface area contributed by atoms with Crippen LogP contribution in [-0.2, 0) is 16.0 Å². The highest BCUT2D eigenvalue weighted by Crippen LogP contribution is 2.26. The zero-order valence-corrected chi connectivity index (χ0v) is 14.0. The van der Waals surface area contributed by atoms with Crippen molar-refractivity contribution in [2.24, 2.45) is 5.92 Å². The van der Waals surface area contributed by atoms with Crippen molar-refractivity contribution < 1.29 is 14.3 Å². The molecule has 2 amide bonds. The molecular formula is C18H26N2O3. The SMILES string of the molecule is COc1ccc(CCNC(=O)C2CCCCC2)cc1NC(C)=O. The zero-order valence-electron chi connectivity index (χ0n) is 14.0. The molecule has 23 heavy (non-hydrogen) atoms. The number of hydrogen-bond donors (Lipinski definition) is 2. The Labute approximate surface area is 137 Å². The molecule has 0 aliphatic heterocycles. The van der Waals surface area contributed by atoms with E-state index in [9.17, 15) is 9.59 Å². The predicted octanol–water partition coefficient (Wildman–Crippen LogP) is 2.89. The van der Waals surface area contributed by atoms with Crippen LogP contribution in [0.15, 0.2) is 18.2 Å². The lowest BCUT2D eigenvalue weighted by molar-refractivity contribution is -0.125. The van der Waals surface area contributed by atoms with Crippen LogP contribution < -0.4 is 15.4 Å². The van der Waals surface area contributed by atoms with Crippen LogP contribution in [0, 0.1) is 5.92 Å². The minimum absolute atomic E-state index is 0.133. The van der Waals surface area contributed by atoms with Gasteiger partial charge in [-0.1, -0.05) is 25.3 Å². The van der Waals surface area contributed by atoms with E-state index in [4.69, 9.17) is 4.74 Å². The van der Waals surface area contributed by atoms with E-state index in [2.05, 4.69) is 10.6 Å². The van der Waals surface area contributed by atoms with Gasteiger partial charge in [-0.25, -0.2) is 0 Å². The Morgan fingerprint density at radius 2 is 1.96 bits per heavy atom. The molecule has 5 nitrogen and oxygen atoms in total. The summed E-state index contributed by atoms with van der Waals surface area (Å²) in [6, 6.07) is 5.69. The summed E-state index contributed by atoms with van der Waals surface area (Å²) in [7, 11) is 1.57. The largest absolute Gasteiger partial charge is 0.495 e. The summed E-state index contributed by atoms with van der Waals surface area (Å²) in [5.74, 6) is 0.871. The number of methoxy groups -OCH3 is 1. The topological polar surface area (TPSA) is 67.4 Å². The van der Waals surface area contributed by atoms with Crippen molar-refractivity contribution in [3.63, 3.8) is 0 Å². The molecule has 0 heterocycles. The van der Waals surface area contributed by atoms with Crippen LogP contribution in [0.3, 0.4) is 0 Å². The molecule has 1 aromatic rings. The highest BCUT2D eigenvalue weighted by Gasteiger charge is 2.20. The number of anilines is 1. The minimum atomic E-state index is -0.133. The van der Waals surface area contributed by atoms with Crippen molar-refractivity contribution in [1.82, 2.24) is 5.32 Å². The Hall–Kier alpha value is -2.04. The molecule has 0 saturated heterocycles. The van der Waals surface area contributed by atoms with Gasteiger partial charge in [-0.05, 0) is 37.0 Å². The van der Waals surface area contributed by atoms with Crippen molar-refractivity contribution >= 4 is 17.5 Å². The van der Waals surface area contributed by atoms with Crippen LogP contribution in [0.2, 0.25) is 0 Å². The maximum atomic E-state index is 12.1. The van der Waals surface area contributed by atoms with E-state index in [1.807, 2.05) is 18.2 Å². The number of benzene rings is 1. The number of amides is 2. The third kappa shape index (κ3) is 5.27. The fourth-order valence-electron chi connectivity index (χ4n) is 3.04. The number of hydrogen-bond acceptors (Lipinski definition) is 3. The number of carbonyl (C=O) groups is 2. The molecule has 1 saturated carbocycles. The highest BCUT2D eigenvalue weighted by atomic mass is 16.5. The van der Waals surface area contributed by atoms with Crippen LogP contribution in [0.1, 0.15) is 44.6 Å². The third-order valence-corrected chi connectivity index (χ3v) is 4.26. The molecule has 1 fully saturated rings. The van der Waals surface area contributed by atoms with Crippen molar-refractivity contribution in [3.05, 3.63) is 23.8 Å². The highest BCUT2D eigenvalue weighted by molar-refractivity contribution is 5.90. The van der Waals surface area contributed by atoms with E-state index in [-0.39, 0.29) is 17.7 Å². The number of ether oxygens (including phenoxy) is 1. The first-order valence-electron chi connectivity index (χ1n) is 8.32. The molecule has 2 N–H and O–H groups in total. The van der Waals surface area contributed by atoms with E-state index in [1.165, 1.54) is 13.3 Å². The van der Waals surface area contributed by atoms with Crippen molar-refractivity contribution in [1.29, 1.82) is 0 Å². The van der Waals surface area contributed by atoms with Gasteiger partial charge in [-0.15, -0.1) is 0 Å². The maximum Gasteiger partial charge on any atom is 0.223 e. The lowest BCUT2D eigenvalue weighted by Gasteiger charge is -2.20. The van der Waals surface area contributed by atoms with Crippen LogP contribution in [0.4, 0.5) is 5.69 Å². The fraction of sp³-hybridized carbons (Fsp3) is 0.556. The lowest BCUT2D eigenvalue weighted by atomic mass is 9.88. The van der Waals surface area contributed by atoms with E-state index < -0.39 is 0 Å². The van der Waals surface area contributed by atoms with Gasteiger partial charge in [0.1, 0.15) is 5.75 Å². The zero-order chi connectivity index (χ0) is 16.7. The van der Waals surface area contributed by atoms with Gasteiger partial charge >= 0.3 is 0 Å². The van der Waals surface area contributed by atoms with Gasteiger partial charge in [-0.3, -0.25) is 9.59 Å². The monoisotopic (exact) mass is 318 g/mol. The molecule has 1 aliphatic rings. The normalized spacial score (nSPS) is 15.0. The molecule has 1 aromatic carbocycles. The molecule has 2 rings (SSSR count). The first-order chi connectivity index (χ1) is 11.1. The molecule has 0 unspecified atom stereocenters. The third-order valence-electron chi connectivity index (χ3n) is 4.26. The first-order valence-corrected chi connectivity index (χ1v) is 8.32. The second-order valence-electron chi connectivity index (χ2n) is 6.09. The van der Waals surface area contributed by atoms with Gasteiger partial charge in [0, 0.05) is 19.4 Å². The Kier molecular flexibility index (Phi) is 6.44. The summed E-state index contributed by atoms with van der Waals surface area (Å²) in [6.45, 7) is 2.08. The van der Waals surface area contributed by atoms with Gasteiger partial charge in [0.15, 0.2) is 0 Å². The van der Waals surface area contributed by atoms with Crippen LogP contribution in [0.25, 0.3) is 0 Å². The molecule has 0 spiro atoms. The molecule has 0 radical (unpaired) electrons. The summed E-state index contributed by atoms with van der Waals surface area (Å²) in [6.07, 6.45) is 6.34. The Balaban J connectivity index is 1.87. The van der Waals surface area contributed by atoms with Gasteiger partial charge < -0.3 is 15.4 Å². The second-order valence-corrected chi connectivity index (χ2v) is 6.09. The fourth-order valence-corrected chi connectivity index (χ4v) is 3.04. The smallest absolute Gasteiger partial charge is 0.223 e. The van der Waals surface area contributed by atoms with Crippen molar-refractivity contribution in [2.45, 2.75) is 45.4 Å². The minimum Gasteiger partial charge on any atom is -0.495 e. The number of rotatable bonds is 6. The first kappa shape index (κ1) is 17.3. The molecule has 1 aliphatic carbocycles. The molecule has 126 valence electrons. The second kappa shape index (κ2) is 8.56. The Bertz CT molecular complexity index is 551. The molecule has 0 atom stereocenters. The molecule has 0 aromatic heterocycles. The molecule has 0 bridgehead atoms. The van der Waals surface area contributed by atoms with Crippen LogP contribution in [-0.4, -0.2) is 25.5 Å². The number of nitrogens with one attached hydrogen (secondary N) is 2. The van der Waals surface area contributed by atoms with Crippen LogP contribution in [0.5, 0.6) is 5.75 Å². The maximum absolute atomic E-state index is 12.1. The number of carbonyl (C=O) groups excluding carboxylic acids is 2. The van der Waals surface area contributed by atoms with Crippen LogP contribution >= 0.6 is 0 Å². The average molecular weight is 318 g/mol. The Morgan fingerprint density at radius 1 is 1.22 bits per heavy atom. The molecule has 5 heteroatoms. The standard InChI is InChI=1S/C18H26N2O3/c1-13(21)20-16-12-14(8-9-17(16)23-2)10-11-19-18(22)15-6-4-3-5-7-15/h8-9,12,15H,3-7,10-11H2,1-2H3,(H,19,22)(H,20,21). The summed E-state index contributed by atoms with van der Waals surface area (Å²) < 4.78 is 5.24. The van der Waals surface area contributed by atoms with E-state index in [0.717, 1.165) is 37.7 Å². The van der Waals surface area contributed by atoms with Gasteiger partial charge in [0.2, 0.25) is 11.8 Å². The summed E-state index contributed by atoms with van der Waals surface area (Å²) in [4.78, 5) is 23.4. The van der Waals surface area contributed by atoms with Gasteiger partial charge in [0.25, 0.3) is 0 Å². The van der Waals surface area contributed by atoms with Crippen molar-refractivity contribution in [3.8, 4) is 5.75 Å². The lowest BCUT2D eigenvalue weighted by Crippen LogP contribution is -2.33. The average Bonchev–Trinajstić information content (AvgIpc) is 2.55. The van der Waals surface area contributed by atoms with E-state index in [1.54, 1.807) is 7.11 Å². The summed E-state index contributed by atoms with van der Waals surface area (Å²) >= 11 is 0. The summed E-state index contributed by atoms with van der Waals surface area (Å²) in [5, 5.41) is 5.80. The quantitative estimate of drug-likeness (QED) is 0.847. The van der Waals surface area contributed by atoms with Gasteiger partial charge in [0.05, 0.1) is 12.8 Å². The Morgan fingerprint density at radius 3 is 2.61 bits per heavy atom. The van der Waals surface area contributed by atoms with Crippen molar-refractivity contribution in [2.75, 3.05) is 19.0 Å². The van der Waals surface area contributed by atoms with Gasteiger partial charge in [-0.2, -0.15) is 0 Å². The predicted molar refractivity (Wildman–Crippen MR) is 90.6 cm³/mol. The van der Waals surface area contributed by atoms with E-state index in [0.29, 0.717) is 18.0 Å². The van der Waals surface area contributed by atoms with E-state index >= 15 is 0 Å².